The van der Waals surface area contributed by atoms with Crippen LogP contribution >= 0.6 is 12.6 Å². The van der Waals surface area contributed by atoms with Gasteiger partial charge in [-0.1, -0.05) is 0 Å². The van der Waals surface area contributed by atoms with Gasteiger partial charge < -0.3 is 15.6 Å². The van der Waals surface area contributed by atoms with E-state index < -0.39 is 12.1 Å². The molecule has 2 fully saturated rings. The van der Waals surface area contributed by atoms with E-state index in [1.807, 2.05) is 6.07 Å². The van der Waals surface area contributed by atoms with E-state index in [1.54, 1.807) is 12.5 Å². The first kappa shape index (κ1) is 21.4. The Bertz CT molecular complexity index is 879. The van der Waals surface area contributed by atoms with Crippen LogP contribution in [0.2, 0.25) is 0 Å². The average Bonchev–Trinajstić information content (AvgIpc) is 3.17. The van der Waals surface area contributed by atoms with Crippen molar-refractivity contribution in [3.05, 3.63) is 30.5 Å². The van der Waals surface area contributed by atoms with Gasteiger partial charge in [0.05, 0.1) is 23.3 Å². The van der Waals surface area contributed by atoms with Gasteiger partial charge in [-0.25, -0.2) is 23.7 Å². The first-order valence-corrected chi connectivity index (χ1v) is 10.2. The molecule has 2 aliphatic rings. The molecule has 1 aliphatic heterocycles. The second-order valence-corrected chi connectivity index (χ2v) is 7.20. The van der Waals surface area contributed by atoms with Gasteiger partial charge in [0.25, 0.3) is 6.43 Å². The zero-order valence-electron chi connectivity index (χ0n) is 16.1. The monoisotopic (exact) mass is 421 g/mol. The number of imidazole rings is 1. The van der Waals surface area contributed by atoms with Crippen LogP contribution in [-0.2, 0) is 0 Å². The van der Waals surface area contributed by atoms with E-state index in [1.165, 1.54) is 12.4 Å². The molecule has 2 aromatic heterocycles. The number of hydrogen-bond acceptors (Lipinski definition) is 7. The summed E-state index contributed by atoms with van der Waals surface area (Å²) in [5.74, 6) is 1.73. The number of nitrogens with zero attached hydrogens (tertiary/aromatic N) is 4. The molecule has 7 nitrogen and oxygen atoms in total. The van der Waals surface area contributed by atoms with E-state index in [4.69, 9.17) is 11.1 Å². The number of nitrogens with two attached hydrogens (primary N) is 1. The molecule has 1 atom stereocenters. The fraction of sp³-hybridized carbons (Fsp3) is 0.474. The molecule has 1 saturated carbocycles. The van der Waals surface area contributed by atoms with Crippen molar-refractivity contribution in [3.8, 4) is 11.4 Å². The Balaban J connectivity index is 0.00000117. The van der Waals surface area contributed by atoms with Crippen molar-refractivity contribution in [2.24, 2.45) is 11.7 Å². The first-order chi connectivity index (χ1) is 13.9. The van der Waals surface area contributed by atoms with E-state index in [9.17, 15) is 8.78 Å². The smallest absolute Gasteiger partial charge is 0.279 e. The Kier molecular flexibility index (Phi) is 6.63. The SMILES string of the molecule is CS.N=C(/C=C\c1ncc(-c2cc(N3CCC(C4(N)CC4)C3)ncn2)[nH]1)C(F)F. The molecule has 1 aliphatic carbocycles. The normalized spacial score (nSPS) is 20.1. The van der Waals surface area contributed by atoms with Crippen molar-refractivity contribution in [3.63, 3.8) is 0 Å². The van der Waals surface area contributed by atoms with Crippen molar-refractivity contribution < 1.29 is 8.78 Å². The van der Waals surface area contributed by atoms with Crippen LogP contribution in [0.15, 0.2) is 24.7 Å². The highest BCUT2D eigenvalue weighted by Gasteiger charge is 2.48. The molecule has 0 spiro atoms. The van der Waals surface area contributed by atoms with E-state index in [0.29, 0.717) is 23.1 Å². The van der Waals surface area contributed by atoms with Crippen LogP contribution < -0.4 is 10.6 Å². The van der Waals surface area contributed by atoms with Gasteiger partial charge in [-0.3, -0.25) is 5.41 Å². The summed E-state index contributed by atoms with van der Waals surface area (Å²) in [6, 6.07) is 1.89. The molecule has 1 unspecified atom stereocenters. The van der Waals surface area contributed by atoms with Gasteiger partial charge in [0, 0.05) is 24.7 Å². The van der Waals surface area contributed by atoms with Gasteiger partial charge in [0.15, 0.2) is 0 Å². The second kappa shape index (κ2) is 9.00. The van der Waals surface area contributed by atoms with Crippen molar-refractivity contribution >= 4 is 30.2 Å². The number of rotatable bonds is 6. The zero-order chi connectivity index (χ0) is 21.0. The van der Waals surface area contributed by atoms with Crippen molar-refractivity contribution in [1.29, 1.82) is 5.41 Å². The van der Waals surface area contributed by atoms with Crippen molar-refractivity contribution in [2.75, 3.05) is 24.2 Å². The molecule has 0 aromatic carbocycles. The number of hydrogen-bond donors (Lipinski definition) is 4. The summed E-state index contributed by atoms with van der Waals surface area (Å²) < 4.78 is 24.7. The van der Waals surface area contributed by atoms with Gasteiger partial charge in [-0.15, -0.1) is 0 Å². The highest BCUT2D eigenvalue weighted by Crippen LogP contribution is 2.44. The Hall–Kier alpha value is -2.33. The summed E-state index contributed by atoms with van der Waals surface area (Å²) in [7, 11) is 0. The van der Waals surface area contributed by atoms with Gasteiger partial charge in [0.1, 0.15) is 18.0 Å². The molecule has 0 amide bonds. The second-order valence-electron chi connectivity index (χ2n) is 7.20. The molecule has 10 heteroatoms. The Morgan fingerprint density at radius 1 is 1.38 bits per heavy atom. The number of aromatic amines is 1. The van der Waals surface area contributed by atoms with E-state index in [0.717, 1.165) is 44.2 Å². The van der Waals surface area contributed by atoms with Crippen LogP contribution in [0, 0.1) is 11.3 Å². The van der Waals surface area contributed by atoms with Crippen molar-refractivity contribution in [1.82, 2.24) is 19.9 Å². The summed E-state index contributed by atoms with van der Waals surface area (Å²) >= 11 is 3.53. The van der Waals surface area contributed by atoms with Gasteiger partial charge in [-0.2, -0.15) is 12.6 Å². The number of allylic oxidation sites excluding steroid dienone is 1. The number of halogens is 2. The Morgan fingerprint density at radius 2 is 2.14 bits per heavy atom. The highest BCUT2D eigenvalue weighted by molar-refractivity contribution is 7.79. The molecule has 1 saturated heterocycles. The molecule has 29 heavy (non-hydrogen) atoms. The molecular formula is C19H25F2N7S. The zero-order valence-corrected chi connectivity index (χ0v) is 17.0. The average molecular weight is 422 g/mol. The van der Waals surface area contributed by atoms with Crippen LogP contribution in [0.3, 0.4) is 0 Å². The third kappa shape index (κ3) is 4.99. The topological polar surface area (TPSA) is 108 Å². The minimum Gasteiger partial charge on any atom is -0.356 e. The molecule has 0 bridgehead atoms. The maximum Gasteiger partial charge on any atom is 0.279 e. The standard InChI is InChI=1S/C18H21F2N7.CH4S/c19-17(20)12(21)1-2-15-23-8-14(26-15)13-7-16(25-10-24-13)27-6-3-11(9-27)18(22)4-5-18;1-2/h1-2,7-8,10-11,17,21H,3-6,9,22H2,(H,23,26);2H,1H3/b2-1-,21-12?;. The number of alkyl halides is 2. The molecule has 156 valence electrons. The van der Waals surface area contributed by atoms with Crippen LogP contribution in [0.1, 0.15) is 25.1 Å². The van der Waals surface area contributed by atoms with Gasteiger partial charge >= 0.3 is 0 Å². The lowest BCUT2D eigenvalue weighted by Crippen LogP contribution is -2.34. The van der Waals surface area contributed by atoms with Gasteiger partial charge in [0.2, 0.25) is 0 Å². The summed E-state index contributed by atoms with van der Waals surface area (Å²) in [6.45, 7) is 1.83. The Morgan fingerprint density at radius 3 is 2.83 bits per heavy atom. The molecule has 4 rings (SSSR count). The number of H-pyrrole nitrogens is 1. The minimum atomic E-state index is -2.80. The molecule has 4 N–H and O–H groups in total. The lowest BCUT2D eigenvalue weighted by Gasteiger charge is -2.20. The quantitative estimate of drug-likeness (QED) is 0.424. The van der Waals surface area contributed by atoms with Crippen LogP contribution in [-0.4, -0.2) is 57.0 Å². The number of nitrogens with one attached hydrogen (secondary N) is 2. The third-order valence-electron chi connectivity index (χ3n) is 5.33. The van der Waals surface area contributed by atoms with E-state index >= 15 is 0 Å². The fourth-order valence-electron chi connectivity index (χ4n) is 3.45. The number of thiol groups is 1. The largest absolute Gasteiger partial charge is 0.356 e. The lowest BCUT2D eigenvalue weighted by atomic mass is 9.98. The predicted octanol–water partition coefficient (Wildman–Crippen LogP) is 3.03. The third-order valence-corrected chi connectivity index (χ3v) is 5.33. The van der Waals surface area contributed by atoms with E-state index in [2.05, 4.69) is 37.5 Å². The van der Waals surface area contributed by atoms with Crippen LogP contribution in [0.25, 0.3) is 17.5 Å². The molecular weight excluding hydrogens is 396 g/mol. The highest BCUT2D eigenvalue weighted by atomic mass is 32.1. The lowest BCUT2D eigenvalue weighted by molar-refractivity contribution is 0.226. The summed E-state index contributed by atoms with van der Waals surface area (Å²) in [4.78, 5) is 18.0. The minimum absolute atomic E-state index is 0.0150. The van der Waals surface area contributed by atoms with Crippen molar-refractivity contribution in [2.45, 2.75) is 31.2 Å². The first-order valence-electron chi connectivity index (χ1n) is 9.35. The summed E-state index contributed by atoms with van der Waals surface area (Å²) in [6.07, 6.45) is 7.66. The fourth-order valence-corrected chi connectivity index (χ4v) is 3.45. The summed E-state index contributed by atoms with van der Waals surface area (Å²) in [5.41, 5.74) is 6.94. The number of aromatic nitrogens is 4. The van der Waals surface area contributed by atoms with Crippen LogP contribution in [0.5, 0.6) is 0 Å². The number of anilines is 1. The molecule has 2 aromatic rings. The van der Waals surface area contributed by atoms with E-state index in [-0.39, 0.29) is 5.54 Å². The maximum atomic E-state index is 12.4. The Labute approximate surface area is 173 Å². The maximum absolute atomic E-state index is 12.4. The molecule has 3 heterocycles. The van der Waals surface area contributed by atoms with Gasteiger partial charge in [-0.05, 0) is 43.6 Å². The van der Waals surface area contributed by atoms with Crippen LogP contribution in [0.4, 0.5) is 14.6 Å². The molecule has 0 radical (unpaired) electrons. The predicted molar refractivity (Wildman–Crippen MR) is 114 cm³/mol. The summed E-state index contributed by atoms with van der Waals surface area (Å²) in [5, 5.41) is 7.14.